The van der Waals surface area contributed by atoms with Crippen molar-refractivity contribution in [2.45, 2.75) is 72.8 Å². The fraction of sp³-hybridized carbons (Fsp3) is 0.850. The lowest BCUT2D eigenvalue weighted by Gasteiger charge is -2.39. The molecule has 31 heavy (non-hydrogen) atoms. The predicted octanol–water partition coefficient (Wildman–Crippen LogP) is 1.46. The van der Waals surface area contributed by atoms with Crippen LogP contribution in [0.2, 0.25) is 0 Å². The molecule has 0 unspecified atom stereocenters. The lowest BCUT2D eigenvalue weighted by atomic mass is 9.72. The molecule has 11 heteroatoms. The molecule has 0 saturated carbocycles. The Morgan fingerprint density at radius 2 is 1.58 bits per heavy atom. The van der Waals surface area contributed by atoms with Gasteiger partial charge in [-0.15, -0.1) is 0 Å². The highest BCUT2D eigenvalue weighted by Gasteiger charge is 2.50. The Balaban J connectivity index is 4.79. The molecule has 0 aromatic carbocycles. The Morgan fingerprint density at radius 1 is 1.00 bits per heavy atom. The van der Waals surface area contributed by atoms with Gasteiger partial charge >= 0.3 is 11.9 Å². The smallest absolute Gasteiger partial charge is 0.336 e. The lowest BCUT2D eigenvalue weighted by Crippen LogP contribution is -2.53. The molecule has 0 aromatic heterocycles. The van der Waals surface area contributed by atoms with E-state index in [4.69, 9.17) is 8.92 Å². The van der Waals surface area contributed by atoms with Crippen LogP contribution >= 0.6 is 0 Å². The summed E-state index contributed by atoms with van der Waals surface area (Å²) in [6.07, 6.45) is 0.552. The highest BCUT2D eigenvalue weighted by Crippen LogP contribution is 2.36. The Bertz CT molecular complexity index is 725. The lowest BCUT2D eigenvalue weighted by molar-refractivity contribution is -0.177. The summed E-state index contributed by atoms with van der Waals surface area (Å²) in [7, 11) is -3.96. The minimum Gasteiger partial charge on any atom is -0.479 e. The van der Waals surface area contributed by atoms with E-state index in [1.165, 1.54) is 20.8 Å². The molecule has 0 aliphatic rings. The number of rotatable bonds is 14. The summed E-state index contributed by atoms with van der Waals surface area (Å²) in [5, 5.41) is 22.9. The molecule has 10 nitrogen and oxygen atoms in total. The van der Waals surface area contributed by atoms with Crippen molar-refractivity contribution in [3.8, 4) is 0 Å². The Morgan fingerprint density at radius 3 is 2.06 bits per heavy atom. The van der Waals surface area contributed by atoms with E-state index in [1.807, 2.05) is 0 Å². The number of hydrogen-bond donors (Lipinski definition) is 3. The van der Waals surface area contributed by atoms with Crippen LogP contribution in [-0.4, -0.2) is 67.6 Å². The van der Waals surface area contributed by atoms with Crippen LogP contribution in [0, 0.1) is 10.8 Å². The first kappa shape index (κ1) is 29.3. The number of aliphatic carboxylic acids is 1. The van der Waals surface area contributed by atoms with Gasteiger partial charge in [0.1, 0.15) is 0 Å². The summed E-state index contributed by atoms with van der Waals surface area (Å²) >= 11 is 0. The number of nitrogens with one attached hydrogen (secondary N) is 1. The quantitative estimate of drug-likeness (QED) is 0.195. The predicted molar refractivity (Wildman–Crippen MR) is 114 cm³/mol. The minimum atomic E-state index is -3.96. The SMILES string of the molecule is CC(=O)NCCCS(=O)(=O)OCC(C)(C)[C@](O)(CCCCOC(=O)C(C)(C)C)C(=O)O. The summed E-state index contributed by atoms with van der Waals surface area (Å²) in [6, 6.07) is 0. The first-order valence-electron chi connectivity index (χ1n) is 10.2. The topological polar surface area (TPSA) is 156 Å². The second kappa shape index (κ2) is 11.8. The van der Waals surface area contributed by atoms with Crippen LogP contribution < -0.4 is 5.32 Å². The molecule has 0 fully saturated rings. The van der Waals surface area contributed by atoms with E-state index in [1.54, 1.807) is 20.8 Å². The first-order valence-corrected chi connectivity index (χ1v) is 11.8. The monoisotopic (exact) mass is 467 g/mol. The maximum Gasteiger partial charge on any atom is 0.336 e. The molecule has 3 N–H and O–H groups in total. The zero-order chi connectivity index (χ0) is 24.5. The average molecular weight is 468 g/mol. The molecule has 0 heterocycles. The van der Waals surface area contributed by atoms with Crippen molar-refractivity contribution in [1.82, 2.24) is 5.32 Å². The van der Waals surface area contributed by atoms with E-state index in [0.29, 0.717) is 6.42 Å². The molecule has 1 atom stereocenters. The van der Waals surface area contributed by atoms with Gasteiger partial charge in [0.25, 0.3) is 10.1 Å². The van der Waals surface area contributed by atoms with Gasteiger partial charge in [-0.2, -0.15) is 8.42 Å². The number of esters is 1. The third-order valence-electron chi connectivity index (χ3n) is 4.80. The second-order valence-electron chi connectivity index (χ2n) is 9.25. The number of hydrogen-bond acceptors (Lipinski definition) is 8. The number of carbonyl (C=O) groups excluding carboxylic acids is 2. The summed E-state index contributed by atoms with van der Waals surface area (Å²) in [4.78, 5) is 34.3. The molecular weight excluding hydrogens is 430 g/mol. The number of carboxylic acids is 1. The first-order chi connectivity index (χ1) is 13.9. The van der Waals surface area contributed by atoms with Gasteiger partial charge in [0.2, 0.25) is 5.91 Å². The average Bonchev–Trinajstić information content (AvgIpc) is 2.62. The van der Waals surface area contributed by atoms with Crippen LogP contribution in [-0.2, 0) is 33.4 Å². The van der Waals surface area contributed by atoms with Crippen molar-refractivity contribution < 1.29 is 41.9 Å². The number of ether oxygens (including phenoxy) is 1. The molecule has 182 valence electrons. The molecule has 1 amide bonds. The van der Waals surface area contributed by atoms with Gasteiger partial charge in [0.15, 0.2) is 5.60 Å². The molecule has 0 spiro atoms. The number of amides is 1. The van der Waals surface area contributed by atoms with Crippen LogP contribution in [0.4, 0.5) is 0 Å². The Kier molecular flexibility index (Phi) is 11.1. The van der Waals surface area contributed by atoms with Gasteiger partial charge in [0, 0.05) is 18.9 Å². The summed E-state index contributed by atoms with van der Waals surface area (Å²) in [6.45, 7) is 9.01. The van der Waals surface area contributed by atoms with E-state index in [9.17, 15) is 33.0 Å². The van der Waals surface area contributed by atoms with Gasteiger partial charge in [-0.25, -0.2) is 4.79 Å². The molecule has 0 saturated heterocycles. The highest BCUT2D eigenvalue weighted by molar-refractivity contribution is 7.86. The van der Waals surface area contributed by atoms with Gasteiger partial charge in [-0.1, -0.05) is 13.8 Å². The van der Waals surface area contributed by atoms with E-state index in [2.05, 4.69) is 5.32 Å². The number of carbonyl (C=O) groups is 3. The second-order valence-corrected chi connectivity index (χ2v) is 11.0. The van der Waals surface area contributed by atoms with E-state index in [0.717, 1.165) is 0 Å². The van der Waals surface area contributed by atoms with Crippen molar-refractivity contribution in [3.05, 3.63) is 0 Å². The summed E-state index contributed by atoms with van der Waals surface area (Å²) in [5.74, 6) is -2.50. The fourth-order valence-electron chi connectivity index (χ4n) is 2.53. The van der Waals surface area contributed by atoms with E-state index < -0.39 is 39.1 Å². The van der Waals surface area contributed by atoms with Crippen molar-refractivity contribution in [2.75, 3.05) is 25.5 Å². The molecule has 0 aliphatic carbocycles. The third kappa shape index (κ3) is 10.4. The Labute approximate surface area is 184 Å². The fourth-order valence-corrected chi connectivity index (χ4v) is 3.62. The van der Waals surface area contributed by atoms with Crippen LogP contribution in [0.5, 0.6) is 0 Å². The number of unbranched alkanes of at least 4 members (excludes halogenated alkanes) is 1. The molecular formula is C20H37NO9S. The zero-order valence-corrected chi connectivity index (χ0v) is 20.1. The minimum absolute atomic E-state index is 0.0887. The summed E-state index contributed by atoms with van der Waals surface area (Å²) < 4.78 is 34.2. The number of carboxylic acid groups (broad SMARTS) is 1. The van der Waals surface area contributed by atoms with Crippen LogP contribution in [0.25, 0.3) is 0 Å². The molecule has 0 aromatic rings. The number of aliphatic hydroxyl groups is 1. The van der Waals surface area contributed by atoms with Crippen molar-refractivity contribution in [3.63, 3.8) is 0 Å². The third-order valence-corrected chi connectivity index (χ3v) is 6.06. The van der Waals surface area contributed by atoms with Gasteiger partial charge < -0.3 is 20.3 Å². The van der Waals surface area contributed by atoms with Gasteiger partial charge in [-0.05, 0) is 46.5 Å². The normalized spacial score (nSPS) is 14.5. The van der Waals surface area contributed by atoms with E-state index >= 15 is 0 Å². The van der Waals surface area contributed by atoms with Crippen LogP contribution in [0.15, 0.2) is 0 Å². The maximum absolute atomic E-state index is 12.1. The maximum atomic E-state index is 12.1. The van der Waals surface area contributed by atoms with Crippen LogP contribution in [0.3, 0.4) is 0 Å². The standard InChI is InChI=1S/C20H37NO9S/c1-15(22)21-11-9-13-31(27,28)30-14-19(5,6)20(26,16(23)24)10-7-8-12-29-17(25)18(2,3)4/h26H,7-14H2,1-6H3,(H,21,22)(H,23,24)/t20-/m0/s1. The van der Waals surface area contributed by atoms with Crippen LogP contribution in [0.1, 0.15) is 67.2 Å². The van der Waals surface area contributed by atoms with Crippen molar-refractivity contribution in [1.29, 1.82) is 0 Å². The van der Waals surface area contributed by atoms with Crippen molar-refractivity contribution >= 4 is 28.0 Å². The summed E-state index contributed by atoms with van der Waals surface area (Å²) in [5.41, 5.74) is -4.31. The molecule has 0 radical (unpaired) electrons. The van der Waals surface area contributed by atoms with E-state index in [-0.39, 0.29) is 50.0 Å². The molecule has 0 bridgehead atoms. The zero-order valence-electron chi connectivity index (χ0n) is 19.3. The highest BCUT2D eigenvalue weighted by atomic mass is 32.2. The van der Waals surface area contributed by atoms with Crippen molar-refractivity contribution in [2.24, 2.45) is 10.8 Å². The largest absolute Gasteiger partial charge is 0.479 e. The Hall–Kier alpha value is -1.72. The van der Waals surface area contributed by atoms with Gasteiger partial charge in [-0.3, -0.25) is 13.8 Å². The molecule has 0 aliphatic heterocycles. The molecule has 0 rings (SSSR count). The van der Waals surface area contributed by atoms with Gasteiger partial charge in [0.05, 0.1) is 24.4 Å².